The summed E-state index contributed by atoms with van der Waals surface area (Å²) in [5.74, 6) is -0.113. The van der Waals surface area contributed by atoms with Crippen molar-refractivity contribution in [1.82, 2.24) is 15.1 Å². The molecule has 0 bridgehead atoms. The standard InChI is InChI=1S/C26H39N3O2/c1-25(2,3)11-14-29-15-12-26(13-16-29)10-9-22(20-7-5-6-8-21(20)26)27-24(31)19-17-23(30)28(4)18-19/h5-8,19,22H,9-18H2,1-4H3,(H,27,31)/t19?,22-/m0/s1. The molecule has 2 heterocycles. The summed E-state index contributed by atoms with van der Waals surface area (Å²) in [5, 5.41) is 3.30. The normalized spacial score (nSPS) is 26.2. The van der Waals surface area contributed by atoms with E-state index in [1.165, 1.54) is 36.9 Å². The largest absolute Gasteiger partial charge is 0.349 e. The van der Waals surface area contributed by atoms with Crippen LogP contribution in [0.2, 0.25) is 0 Å². The molecule has 0 aromatic heterocycles. The third kappa shape index (κ3) is 4.82. The summed E-state index contributed by atoms with van der Waals surface area (Å²) in [6, 6.07) is 8.82. The fourth-order valence-corrected chi connectivity index (χ4v) is 5.69. The molecule has 170 valence electrons. The van der Waals surface area contributed by atoms with Gasteiger partial charge in [0.2, 0.25) is 11.8 Å². The first kappa shape index (κ1) is 22.3. The average Bonchev–Trinajstić information content (AvgIpc) is 3.08. The minimum atomic E-state index is -0.216. The SMILES string of the molecule is CN1CC(C(=O)N[C@H]2CCC3(CCN(CCC(C)(C)C)CC3)c3ccccc32)CC1=O. The van der Waals surface area contributed by atoms with Gasteiger partial charge < -0.3 is 15.1 Å². The number of amides is 2. The Morgan fingerprint density at radius 1 is 1.16 bits per heavy atom. The highest BCUT2D eigenvalue weighted by Gasteiger charge is 2.43. The van der Waals surface area contributed by atoms with Gasteiger partial charge in [0.15, 0.2) is 0 Å². The van der Waals surface area contributed by atoms with Gasteiger partial charge in [0.25, 0.3) is 0 Å². The number of hydrogen-bond acceptors (Lipinski definition) is 3. The number of benzene rings is 1. The number of rotatable bonds is 4. The van der Waals surface area contributed by atoms with Crippen LogP contribution in [0.1, 0.15) is 76.5 Å². The van der Waals surface area contributed by atoms with E-state index in [0.29, 0.717) is 18.4 Å². The smallest absolute Gasteiger partial charge is 0.225 e. The lowest BCUT2D eigenvalue weighted by atomic mass is 9.63. The van der Waals surface area contributed by atoms with Crippen LogP contribution < -0.4 is 5.32 Å². The number of nitrogens with zero attached hydrogens (tertiary/aromatic N) is 2. The minimum Gasteiger partial charge on any atom is -0.349 e. The van der Waals surface area contributed by atoms with E-state index < -0.39 is 0 Å². The second kappa shape index (κ2) is 8.57. The Morgan fingerprint density at radius 3 is 2.52 bits per heavy atom. The van der Waals surface area contributed by atoms with E-state index in [2.05, 4.69) is 55.3 Å². The summed E-state index contributed by atoms with van der Waals surface area (Å²) in [4.78, 5) is 29.0. The maximum atomic E-state index is 12.9. The molecular formula is C26H39N3O2. The summed E-state index contributed by atoms with van der Waals surface area (Å²) in [6.45, 7) is 11.0. The molecule has 2 atom stereocenters. The maximum Gasteiger partial charge on any atom is 0.225 e. The predicted octanol–water partition coefficient (Wildman–Crippen LogP) is 3.89. The van der Waals surface area contributed by atoms with Gasteiger partial charge in [0, 0.05) is 20.0 Å². The first-order chi connectivity index (χ1) is 14.7. The molecule has 1 unspecified atom stereocenters. The predicted molar refractivity (Wildman–Crippen MR) is 124 cm³/mol. The Labute approximate surface area is 187 Å². The van der Waals surface area contributed by atoms with Gasteiger partial charge in [-0.2, -0.15) is 0 Å². The first-order valence-electron chi connectivity index (χ1n) is 12.0. The Morgan fingerprint density at radius 2 is 1.87 bits per heavy atom. The molecule has 5 heteroatoms. The lowest BCUT2D eigenvalue weighted by Gasteiger charge is -2.47. The second-order valence-electron chi connectivity index (χ2n) is 11.3. The Kier molecular flexibility index (Phi) is 6.17. The fraction of sp³-hybridized carbons (Fsp3) is 0.692. The molecule has 1 aliphatic carbocycles. The van der Waals surface area contributed by atoms with Gasteiger partial charge in [-0.1, -0.05) is 45.0 Å². The second-order valence-corrected chi connectivity index (χ2v) is 11.3. The van der Waals surface area contributed by atoms with Crippen molar-refractivity contribution in [2.24, 2.45) is 11.3 Å². The molecule has 0 saturated carbocycles. The van der Waals surface area contributed by atoms with Crippen LogP contribution in [0.15, 0.2) is 24.3 Å². The molecular weight excluding hydrogens is 386 g/mol. The average molecular weight is 426 g/mol. The highest BCUT2D eigenvalue weighted by molar-refractivity contribution is 5.89. The number of likely N-dealkylation sites (tertiary alicyclic amines) is 2. The van der Waals surface area contributed by atoms with Crippen LogP contribution in [0, 0.1) is 11.3 Å². The van der Waals surface area contributed by atoms with Crippen molar-refractivity contribution in [3.8, 4) is 0 Å². The monoisotopic (exact) mass is 425 g/mol. The van der Waals surface area contributed by atoms with Gasteiger partial charge in [0.1, 0.15) is 0 Å². The van der Waals surface area contributed by atoms with Gasteiger partial charge >= 0.3 is 0 Å². The lowest BCUT2D eigenvalue weighted by molar-refractivity contribution is -0.128. The van der Waals surface area contributed by atoms with Crippen LogP contribution in [-0.4, -0.2) is 54.8 Å². The topological polar surface area (TPSA) is 52.7 Å². The molecule has 1 spiro atoms. The molecule has 4 rings (SSSR count). The molecule has 2 saturated heterocycles. The van der Waals surface area contributed by atoms with Gasteiger partial charge in [-0.3, -0.25) is 9.59 Å². The van der Waals surface area contributed by atoms with E-state index in [9.17, 15) is 9.59 Å². The highest BCUT2D eigenvalue weighted by atomic mass is 16.2. The fourth-order valence-electron chi connectivity index (χ4n) is 5.69. The first-order valence-corrected chi connectivity index (χ1v) is 12.0. The van der Waals surface area contributed by atoms with Crippen molar-refractivity contribution in [2.75, 3.05) is 33.2 Å². The molecule has 3 aliphatic rings. The number of piperidine rings is 1. The zero-order valence-electron chi connectivity index (χ0n) is 19.7. The van der Waals surface area contributed by atoms with E-state index in [0.717, 1.165) is 25.9 Å². The zero-order chi connectivity index (χ0) is 22.2. The molecule has 5 nitrogen and oxygen atoms in total. The van der Waals surface area contributed by atoms with Crippen LogP contribution in [0.3, 0.4) is 0 Å². The van der Waals surface area contributed by atoms with E-state index in [1.54, 1.807) is 11.9 Å². The van der Waals surface area contributed by atoms with Gasteiger partial charge in [-0.05, 0) is 73.7 Å². The minimum absolute atomic E-state index is 0.0328. The molecule has 2 amide bonds. The van der Waals surface area contributed by atoms with Gasteiger partial charge in [-0.15, -0.1) is 0 Å². The number of carbonyl (C=O) groups is 2. The van der Waals surface area contributed by atoms with Gasteiger partial charge in [-0.25, -0.2) is 0 Å². The van der Waals surface area contributed by atoms with Crippen LogP contribution in [0.25, 0.3) is 0 Å². The quantitative estimate of drug-likeness (QED) is 0.796. The molecule has 0 radical (unpaired) electrons. The number of hydrogen-bond donors (Lipinski definition) is 1. The Hall–Kier alpha value is -1.88. The van der Waals surface area contributed by atoms with E-state index >= 15 is 0 Å². The van der Waals surface area contributed by atoms with Crippen LogP contribution >= 0.6 is 0 Å². The molecule has 1 aromatic carbocycles. The third-order valence-electron chi connectivity index (χ3n) is 7.84. The summed E-state index contributed by atoms with van der Waals surface area (Å²) in [6.07, 6.45) is 6.11. The highest BCUT2D eigenvalue weighted by Crippen LogP contribution is 2.48. The third-order valence-corrected chi connectivity index (χ3v) is 7.84. The lowest BCUT2D eigenvalue weighted by Crippen LogP contribution is -2.47. The molecule has 1 aromatic rings. The Balaban J connectivity index is 1.43. The zero-order valence-corrected chi connectivity index (χ0v) is 19.7. The van der Waals surface area contributed by atoms with E-state index in [4.69, 9.17) is 0 Å². The summed E-state index contributed by atoms with van der Waals surface area (Å²) >= 11 is 0. The number of nitrogens with one attached hydrogen (secondary N) is 1. The van der Waals surface area contributed by atoms with Crippen molar-refractivity contribution < 1.29 is 9.59 Å². The summed E-state index contributed by atoms with van der Waals surface area (Å²) in [7, 11) is 1.78. The van der Waals surface area contributed by atoms with Crippen molar-refractivity contribution >= 4 is 11.8 Å². The van der Waals surface area contributed by atoms with E-state index in [-0.39, 0.29) is 29.2 Å². The summed E-state index contributed by atoms with van der Waals surface area (Å²) < 4.78 is 0. The summed E-state index contributed by atoms with van der Waals surface area (Å²) in [5.41, 5.74) is 3.38. The number of carbonyl (C=O) groups excluding carboxylic acids is 2. The van der Waals surface area contributed by atoms with Crippen LogP contribution in [0.4, 0.5) is 0 Å². The molecule has 31 heavy (non-hydrogen) atoms. The molecule has 1 N–H and O–H groups in total. The van der Waals surface area contributed by atoms with E-state index in [1.807, 2.05) is 0 Å². The molecule has 2 aliphatic heterocycles. The maximum absolute atomic E-state index is 12.9. The van der Waals surface area contributed by atoms with Crippen molar-refractivity contribution in [3.63, 3.8) is 0 Å². The van der Waals surface area contributed by atoms with Crippen molar-refractivity contribution in [3.05, 3.63) is 35.4 Å². The molecule has 2 fully saturated rings. The van der Waals surface area contributed by atoms with Crippen LogP contribution in [-0.2, 0) is 15.0 Å². The van der Waals surface area contributed by atoms with Crippen molar-refractivity contribution in [1.29, 1.82) is 0 Å². The van der Waals surface area contributed by atoms with Crippen LogP contribution in [0.5, 0.6) is 0 Å². The Bertz CT molecular complexity index is 820. The van der Waals surface area contributed by atoms with Crippen molar-refractivity contribution in [2.45, 2.75) is 70.8 Å². The van der Waals surface area contributed by atoms with Gasteiger partial charge in [0.05, 0.1) is 12.0 Å². The number of fused-ring (bicyclic) bond motifs is 2.